The molecule has 0 aliphatic carbocycles. The molecule has 0 heterocycles. The molecule has 0 aliphatic rings. The van der Waals surface area contributed by atoms with Gasteiger partial charge in [0.15, 0.2) is 8.32 Å². The minimum absolute atomic E-state index is 0.706. The van der Waals surface area contributed by atoms with Crippen LogP contribution in [0.2, 0.25) is 44.1 Å². The maximum absolute atomic E-state index is 6.52. The van der Waals surface area contributed by atoms with Crippen LogP contribution in [0.4, 0.5) is 0 Å². The highest BCUT2D eigenvalue weighted by molar-refractivity contribution is 7.20. The fourth-order valence-electron chi connectivity index (χ4n) is 5.13. The summed E-state index contributed by atoms with van der Waals surface area (Å²) in [5, 5.41) is 3.10. The second-order valence-corrected chi connectivity index (χ2v) is 24.0. The lowest BCUT2D eigenvalue weighted by Crippen LogP contribution is -2.70. The van der Waals surface area contributed by atoms with Crippen molar-refractivity contribution >= 4 is 34.8 Å². The van der Waals surface area contributed by atoms with Gasteiger partial charge in [-0.1, -0.05) is 97.2 Å². The Morgan fingerprint density at radius 2 is 1.12 bits per heavy atom. The van der Waals surface area contributed by atoms with Gasteiger partial charge in [0.05, 0.1) is 0 Å². The van der Waals surface area contributed by atoms with Crippen LogP contribution < -0.4 is 10.4 Å². The van der Waals surface area contributed by atoms with E-state index in [-0.39, 0.29) is 0 Å². The van der Waals surface area contributed by atoms with Crippen molar-refractivity contribution in [2.45, 2.75) is 51.0 Å². The molecule has 0 aromatic heterocycles. The molecule has 2 rings (SSSR count). The molecule has 0 radical (unpaired) electrons. The Balaban J connectivity index is 2.76. The summed E-state index contributed by atoms with van der Waals surface area (Å²) in [5.74, 6) is 0. The highest BCUT2D eigenvalue weighted by Crippen LogP contribution is 2.40. The number of hydrogen-bond donors (Lipinski definition) is 0. The Bertz CT molecular complexity index is 623. The summed E-state index contributed by atoms with van der Waals surface area (Å²) in [5.41, 5.74) is 0. The van der Waals surface area contributed by atoms with Crippen LogP contribution >= 0.6 is 0 Å². The molecule has 25 heavy (non-hydrogen) atoms. The Labute approximate surface area is 157 Å². The normalized spacial score (nSPS) is 14.4. The predicted molar refractivity (Wildman–Crippen MR) is 120 cm³/mol. The van der Waals surface area contributed by atoms with E-state index in [9.17, 15) is 0 Å². The Morgan fingerprint density at radius 1 is 0.720 bits per heavy atom. The van der Waals surface area contributed by atoms with Gasteiger partial charge < -0.3 is 4.43 Å². The summed E-state index contributed by atoms with van der Waals surface area (Å²) >= 11 is 0. The molecule has 1 nitrogen and oxygen atoms in total. The Kier molecular flexibility index (Phi) is 6.31. The van der Waals surface area contributed by atoms with Gasteiger partial charge in [-0.15, -0.1) is 0 Å². The zero-order valence-electron chi connectivity index (χ0n) is 17.0. The molecule has 0 spiro atoms. The molecule has 0 saturated heterocycles. The topological polar surface area (TPSA) is 9.23 Å². The van der Waals surface area contributed by atoms with Gasteiger partial charge in [0.2, 0.25) is 0 Å². The fourth-order valence-corrected chi connectivity index (χ4v) is 32.1. The molecule has 0 amide bonds. The van der Waals surface area contributed by atoms with E-state index in [0.29, 0.717) is 4.79 Å². The lowest BCUT2D eigenvalue weighted by Gasteiger charge is -2.50. The Morgan fingerprint density at radius 3 is 1.44 bits per heavy atom. The maximum Gasteiger partial charge on any atom is 0.185 e. The standard InChI is InChI=1S/C21H34OSi3/c1-8-22-24(5,6)21(23(2,3)4)25(7,19-15-11-9-12-16-19)20-17-13-10-14-18-20/h9-18,21H,8H2,1-7H3. The molecule has 0 N–H and O–H groups in total. The zero-order valence-corrected chi connectivity index (χ0v) is 20.0. The molecule has 0 aliphatic heterocycles. The van der Waals surface area contributed by atoms with Crippen LogP contribution in [0, 0.1) is 0 Å². The van der Waals surface area contributed by atoms with Gasteiger partial charge in [-0.05, 0) is 24.8 Å². The van der Waals surface area contributed by atoms with Crippen LogP contribution in [0.25, 0.3) is 0 Å². The largest absolute Gasteiger partial charge is 0.418 e. The van der Waals surface area contributed by atoms with Crippen LogP contribution in [-0.4, -0.2) is 31.1 Å². The average molecular weight is 387 g/mol. The molecule has 1 atom stereocenters. The Hall–Kier alpha value is -0.949. The first-order valence-electron chi connectivity index (χ1n) is 9.39. The summed E-state index contributed by atoms with van der Waals surface area (Å²) in [4.78, 5) is 0.706. The van der Waals surface area contributed by atoms with E-state index in [1.807, 2.05) is 0 Å². The van der Waals surface area contributed by atoms with Gasteiger partial charge in [0.1, 0.15) is 8.07 Å². The second-order valence-electron chi connectivity index (χ2n) is 8.77. The summed E-state index contributed by atoms with van der Waals surface area (Å²) in [7, 11) is -5.25. The van der Waals surface area contributed by atoms with Crippen molar-refractivity contribution in [1.29, 1.82) is 0 Å². The predicted octanol–water partition coefficient (Wildman–Crippen LogP) is 4.91. The van der Waals surface area contributed by atoms with E-state index in [0.717, 1.165) is 6.61 Å². The molecule has 0 bridgehead atoms. The third kappa shape index (κ3) is 4.25. The highest BCUT2D eigenvalue weighted by Gasteiger charge is 2.55. The third-order valence-electron chi connectivity index (χ3n) is 5.40. The molecular formula is C21H34OSi3. The molecule has 1 unspecified atom stereocenters. The van der Waals surface area contributed by atoms with E-state index >= 15 is 0 Å². The molecule has 136 valence electrons. The summed E-state index contributed by atoms with van der Waals surface area (Å²) in [6.45, 7) is 18.1. The van der Waals surface area contributed by atoms with Crippen LogP contribution in [0.3, 0.4) is 0 Å². The van der Waals surface area contributed by atoms with E-state index in [4.69, 9.17) is 4.43 Å². The van der Waals surface area contributed by atoms with Gasteiger partial charge in [0.25, 0.3) is 0 Å². The number of hydrogen-bond acceptors (Lipinski definition) is 1. The zero-order chi connectivity index (χ0) is 18.7. The molecule has 4 heteroatoms. The van der Waals surface area contributed by atoms with Crippen LogP contribution in [0.5, 0.6) is 0 Å². The maximum atomic E-state index is 6.52. The van der Waals surface area contributed by atoms with Gasteiger partial charge in [-0.3, -0.25) is 0 Å². The first-order valence-corrected chi connectivity index (χ1v) is 18.5. The van der Waals surface area contributed by atoms with E-state index in [1.165, 1.54) is 0 Å². The summed E-state index contributed by atoms with van der Waals surface area (Å²) in [6.07, 6.45) is 0. The van der Waals surface area contributed by atoms with Gasteiger partial charge >= 0.3 is 0 Å². The van der Waals surface area contributed by atoms with Crippen molar-refractivity contribution in [2.24, 2.45) is 0 Å². The van der Waals surface area contributed by atoms with Crippen molar-refractivity contribution in [3.05, 3.63) is 60.7 Å². The lowest BCUT2D eigenvalue weighted by atomic mass is 10.4. The van der Waals surface area contributed by atoms with E-state index in [1.54, 1.807) is 10.4 Å². The van der Waals surface area contributed by atoms with Gasteiger partial charge in [-0.2, -0.15) is 0 Å². The molecule has 2 aromatic carbocycles. The quantitative estimate of drug-likeness (QED) is 0.614. The molecule has 2 aromatic rings. The first kappa shape index (κ1) is 20.4. The summed E-state index contributed by atoms with van der Waals surface area (Å²) < 4.78 is 6.52. The number of rotatable bonds is 7. The highest BCUT2D eigenvalue weighted by atomic mass is 28.5. The van der Waals surface area contributed by atoms with Crippen LogP contribution in [0.1, 0.15) is 6.92 Å². The van der Waals surface area contributed by atoms with Crippen molar-refractivity contribution in [2.75, 3.05) is 6.61 Å². The monoisotopic (exact) mass is 386 g/mol. The molecule has 0 saturated carbocycles. The molecular weight excluding hydrogens is 352 g/mol. The second kappa shape index (κ2) is 7.74. The fraction of sp³-hybridized carbons (Fsp3) is 0.429. The first-order chi connectivity index (χ1) is 11.6. The van der Waals surface area contributed by atoms with Crippen molar-refractivity contribution < 1.29 is 4.43 Å². The van der Waals surface area contributed by atoms with Crippen molar-refractivity contribution in [1.82, 2.24) is 0 Å². The van der Waals surface area contributed by atoms with Crippen LogP contribution in [0.15, 0.2) is 60.7 Å². The summed E-state index contributed by atoms with van der Waals surface area (Å²) in [6, 6.07) is 22.6. The smallest absolute Gasteiger partial charge is 0.185 e. The lowest BCUT2D eigenvalue weighted by molar-refractivity contribution is 0.330. The van der Waals surface area contributed by atoms with Crippen molar-refractivity contribution in [3.8, 4) is 0 Å². The van der Waals surface area contributed by atoms with Crippen LogP contribution in [-0.2, 0) is 4.43 Å². The minimum atomic E-state index is -1.94. The third-order valence-corrected chi connectivity index (χ3v) is 26.6. The minimum Gasteiger partial charge on any atom is -0.418 e. The van der Waals surface area contributed by atoms with Crippen molar-refractivity contribution in [3.63, 3.8) is 0 Å². The van der Waals surface area contributed by atoms with E-state index in [2.05, 4.69) is 107 Å². The average Bonchev–Trinajstić information content (AvgIpc) is 2.54. The van der Waals surface area contributed by atoms with Gasteiger partial charge in [-0.25, -0.2) is 0 Å². The molecule has 0 fully saturated rings. The SMILES string of the molecule is CCO[Si](C)(C)C([Si](C)(C)C)[Si](C)(c1ccccc1)c1ccccc1. The van der Waals surface area contributed by atoms with E-state index < -0.39 is 24.5 Å². The number of benzene rings is 2. The van der Waals surface area contributed by atoms with Gasteiger partial charge in [0, 0.05) is 14.7 Å².